The fraction of sp³-hybridized carbons (Fsp3) is 0.316. The van der Waals surface area contributed by atoms with E-state index in [-0.39, 0.29) is 29.7 Å². The molecule has 0 aliphatic carbocycles. The Morgan fingerprint density at radius 3 is 2.69 bits per heavy atom. The molecule has 7 nitrogen and oxygen atoms in total. The summed E-state index contributed by atoms with van der Waals surface area (Å²) < 4.78 is 16.6. The molecule has 0 saturated carbocycles. The van der Waals surface area contributed by atoms with Crippen molar-refractivity contribution in [2.24, 2.45) is 0 Å². The van der Waals surface area contributed by atoms with Crippen LogP contribution in [0.4, 0.5) is 5.69 Å². The molecular weight excluding hydrogens is 338 g/mol. The van der Waals surface area contributed by atoms with Gasteiger partial charge in [0.2, 0.25) is 0 Å². The smallest absolute Gasteiger partial charge is 0.342 e. The Balaban J connectivity index is 1.78. The molecule has 3 rings (SSSR count). The maximum absolute atomic E-state index is 12.5. The molecule has 0 radical (unpaired) electrons. The van der Waals surface area contributed by atoms with Gasteiger partial charge in [-0.1, -0.05) is 18.2 Å². The molecule has 1 aliphatic rings. The van der Waals surface area contributed by atoms with Crippen molar-refractivity contribution in [2.75, 3.05) is 13.2 Å². The highest BCUT2D eigenvalue weighted by atomic mass is 16.6. The van der Waals surface area contributed by atoms with Gasteiger partial charge in [-0.05, 0) is 37.5 Å². The van der Waals surface area contributed by atoms with Crippen LogP contribution in [0.5, 0.6) is 11.5 Å². The Morgan fingerprint density at radius 1 is 1.19 bits per heavy atom. The first-order valence-corrected chi connectivity index (χ1v) is 8.43. The summed E-state index contributed by atoms with van der Waals surface area (Å²) in [6.45, 7) is 0.772. The number of carbonyl (C=O) groups excluding carboxylic acids is 1. The molecule has 136 valence electrons. The highest BCUT2D eigenvalue weighted by molar-refractivity contribution is 5.93. The standard InChI is InChI=1S/C19H19NO6/c21-19(25-13-16-8-4-5-11-24-16)17-12-14(20(22)23)9-10-18(17)26-15-6-2-1-3-7-15/h1-3,6-7,9-10,12,16H,4-5,8,11,13H2. The summed E-state index contributed by atoms with van der Waals surface area (Å²) in [6, 6.07) is 12.7. The molecule has 7 heteroatoms. The molecule has 0 spiro atoms. The van der Waals surface area contributed by atoms with Crippen LogP contribution in [-0.4, -0.2) is 30.2 Å². The van der Waals surface area contributed by atoms with Crippen LogP contribution in [0.1, 0.15) is 29.6 Å². The van der Waals surface area contributed by atoms with Crippen LogP contribution in [0.2, 0.25) is 0 Å². The Kier molecular flexibility index (Phi) is 5.80. The largest absolute Gasteiger partial charge is 0.459 e. The summed E-state index contributed by atoms with van der Waals surface area (Å²) in [4.78, 5) is 23.0. The summed E-state index contributed by atoms with van der Waals surface area (Å²) in [6.07, 6.45) is 2.73. The van der Waals surface area contributed by atoms with E-state index >= 15 is 0 Å². The average molecular weight is 357 g/mol. The monoisotopic (exact) mass is 357 g/mol. The number of carbonyl (C=O) groups is 1. The van der Waals surface area contributed by atoms with Gasteiger partial charge >= 0.3 is 5.97 Å². The quantitative estimate of drug-likeness (QED) is 0.439. The Hall–Kier alpha value is -2.93. The van der Waals surface area contributed by atoms with Crippen LogP contribution < -0.4 is 4.74 Å². The van der Waals surface area contributed by atoms with Gasteiger partial charge in [0.15, 0.2) is 0 Å². The van der Waals surface area contributed by atoms with Gasteiger partial charge in [0.25, 0.3) is 5.69 Å². The highest BCUT2D eigenvalue weighted by Gasteiger charge is 2.22. The third kappa shape index (κ3) is 4.58. The number of esters is 1. The zero-order chi connectivity index (χ0) is 18.4. The third-order valence-electron chi connectivity index (χ3n) is 4.04. The molecule has 1 aliphatic heterocycles. The molecule has 1 heterocycles. The van der Waals surface area contributed by atoms with Crippen molar-refractivity contribution in [3.8, 4) is 11.5 Å². The van der Waals surface area contributed by atoms with Gasteiger partial charge in [-0.25, -0.2) is 4.79 Å². The molecule has 1 atom stereocenters. The molecule has 0 aromatic heterocycles. The molecule has 0 bridgehead atoms. The average Bonchev–Trinajstić information content (AvgIpc) is 2.68. The van der Waals surface area contributed by atoms with E-state index < -0.39 is 10.9 Å². The first-order valence-electron chi connectivity index (χ1n) is 8.43. The zero-order valence-corrected chi connectivity index (χ0v) is 14.1. The molecule has 1 saturated heterocycles. The number of nitrogens with zero attached hydrogens (tertiary/aromatic N) is 1. The second kappa shape index (κ2) is 8.44. The summed E-state index contributed by atoms with van der Waals surface area (Å²) in [5, 5.41) is 11.0. The van der Waals surface area contributed by atoms with Gasteiger partial charge in [0.1, 0.15) is 23.7 Å². The van der Waals surface area contributed by atoms with Gasteiger partial charge in [-0.15, -0.1) is 0 Å². The Morgan fingerprint density at radius 2 is 2.00 bits per heavy atom. The minimum Gasteiger partial charge on any atom is -0.459 e. The Labute approximate surface area is 150 Å². The van der Waals surface area contributed by atoms with Crippen molar-refractivity contribution < 1.29 is 23.9 Å². The predicted molar refractivity (Wildman–Crippen MR) is 93.5 cm³/mol. The fourth-order valence-corrected chi connectivity index (χ4v) is 2.68. The van der Waals surface area contributed by atoms with E-state index in [9.17, 15) is 14.9 Å². The van der Waals surface area contributed by atoms with Crippen LogP contribution in [0, 0.1) is 10.1 Å². The molecule has 1 unspecified atom stereocenters. The number of ether oxygens (including phenoxy) is 3. The second-order valence-corrected chi connectivity index (χ2v) is 5.94. The SMILES string of the molecule is O=C(OCC1CCCCO1)c1cc([N+](=O)[O-])ccc1Oc1ccccc1. The van der Waals surface area contributed by atoms with Gasteiger partial charge in [-0.2, -0.15) is 0 Å². The van der Waals surface area contributed by atoms with Crippen LogP contribution >= 0.6 is 0 Å². The summed E-state index contributed by atoms with van der Waals surface area (Å²) in [7, 11) is 0. The van der Waals surface area contributed by atoms with E-state index in [1.54, 1.807) is 24.3 Å². The fourth-order valence-electron chi connectivity index (χ4n) is 2.68. The number of nitro benzene ring substituents is 1. The van der Waals surface area contributed by atoms with Crippen LogP contribution in [0.25, 0.3) is 0 Å². The zero-order valence-electron chi connectivity index (χ0n) is 14.1. The first-order chi connectivity index (χ1) is 12.6. The van der Waals surface area contributed by atoms with E-state index in [1.165, 1.54) is 18.2 Å². The van der Waals surface area contributed by atoms with Crippen molar-refractivity contribution in [2.45, 2.75) is 25.4 Å². The van der Waals surface area contributed by atoms with E-state index in [2.05, 4.69) is 0 Å². The predicted octanol–water partition coefficient (Wildman–Crippen LogP) is 4.11. The number of benzene rings is 2. The van der Waals surface area contributed by atoms with Crippen LogP contribution in [0.15, 0.2) is 48.5 Å². The second-order valence-electron chi connectivity index (χ2n) is 5.94. The molecular formula is C19H19NO6. The lowest BCUT2D eigenvalue weighted by Gasteiger charge is -2.22. The van der Waals surface area contributed by atoms with Crippen molar-refractivity contribution in [1.29, 1.82) is 0 Å². The molecule has 26 heavy (non-hydrogen) atoms. The molecule has 2 aromatic carbocycles. The topological polar surface area (TPSA) is 87.9 Å². The number of para-hydroxylation sites is 1. The molecule has 1 fully saturated rings. The lowest BCUT2D eigenvalue weighted by Crippen LogP contribution is -2.26. The van der Waals surface area contributed by atoms with Crippen LogP contribution in [-0.2, 0) is 9.47 Å². The summed E-state index contributed by atoms with van der Waals surface area (Å²) in [5.74, 6) is 0.0520. The van der Waals surface area contributed by atoms with E-state index in [4.69, 9.17) is 14.2 Å². The molecule has 0 amide bonds. The normalized spacial score (nSPS) is 16.7. The van der Waals surface area contributed by atoms with Crippen molar-refractivity contribution in [1.82, 2.24) is 0 Å². The number of hydrogen-bond acceptors (Lipinski definition) is 6. The lowest BCUT2D eigenvalue weighted by molar-refractivity contribution is -0.384. The number of non-ortho nitro benzene ring substituents is 1. The number of rotatable bonds is 6. The maximum atomic E-state index is 12.5. The van der Waals surface area contributed by atoms with E-state index in [1.807, 2.05) is 6.07 Å². The number of nitro groups is 1. The van der Waals surface area contributed by atoms with Crippen molar-refractivity contribution in [3.63, 3.8) is 0 Å². The first kappa shape index (κ1) is 17.9. The van der Waals surface area contributed by atoms with Gasteiger partial charge < -0.3 is 14.2 Å². The van der Waals surface area contributed by atoms with Crippen molar-refractivity contribution >= 4 is 11.7 Å². The molecule has 2 aromatic rings. The van der Waals surface area contributed by atoms with Gasteiger partial charge in [0, 0.05) is 18.7 Å². The van der Waals surface area contributed by atoms with Gasteiger partial charge in [0.05, 0.1) is 11.0 Å². The Bertz CT molecular complexity index is 771. The van der Waals surface area contributed by atoms with Gasteiger partial charge in [-0.3, -0.25) is 10.1 Å². The van der Waals surface area contributed by atoms with Crippen molar-refractivity contribution in [3.05, 3.63) is 64.2 Å². The summed E-state index contributed by atoms with van der Waals surface area (Å²) >= 11 is 0. The molecule has 0 N–H and O–H groups in total. The number of hydrogen-bond donors (Lipinski definition) is 0. The minimum absolute atomic E-state index is 0.0128. The maximum Gasteiger partial charge on any atom is 0.342 e. The summed E-state index contributed by atoms with van der Waals surface area (Å²) in [5.41, 5.74) is -0.190. The van der Waals surface area contributed by atoms with E-state index in [0.29, 0.717) is 12.4 Å². The third-order valence-corrected chi connectivity index (χ3v) is 4.04. The van der Waals surface area contributed by atoms with E-state index in [0.717, 1.165) is 19.3 Å². The lowest BCUT2D eigenvalue weighted by atomic mass is 10.1. The minimum atomic E-state index is -0.672. The highest BCUT2D eigenvalue weighted by Crippen LogP contribution is 2.29. The van der Waals surface area contributed by atoms with Crippen LogP contribution in [0.3, 0.4) is 0 Å².